The molecule has 2 heteroatoms. The predicted molar refractivity (Wildman–Crippen MR) is 56.9 cm³/mol. The van der Waals surface area contributed by atoms with Crippen molar-refractivity contribution in [3.63, 3.8) is 0 Å². The summed E-state index contributed by atoms with van der Waals surface area (Å²) >= 11 is 0. The van der Waals surface area contributed by atoms with Gasteiger partial charge >= 0.3 is 0 Å². The average Bonchev–Trinajstić information content (AvgIpc) is 2.04. The van der Waals surface area contributed by atoms with E-state index in [1.165, 1.54) is 6.42 Å². The van der Waals surface area contributed by atoms with Gasteiger partial charge in [0, 0.05) is 13.0 Å². The summed E-state index contributed by atoms with van der Waals surface area (Å²) in [5, 5.41) is 0. The number of likely N-dealkylation sites (N-methyl/N-ethyl adjacent to an activating group) is 1. The molecule has 0 aromatic rings. The number of hydrogen-bond donors (Lipinski definition) is 0. The highest BCUT2D eigenvalue weighted by molar-refractivity contribution is 5.80. The summed E-state index contributed by atoms with van der Waals surface area (Å²) in [4.78, 5) is 13.4. The highest BCUT2D eigenvalue weighted by Crippen LogP contribution is 2.02. The smallest absolute Gasteiger partial charge is 0.146 e. The zero-order valence-electron chi connectivity index (χ0n) is 9.47. The second-order valence-electron chi connectivity index (χ2n) is 4.00. The van der Waals surface area contributed by atoms with E-state index in [2.05, 4.69) is 18.7 Å². The minimum atomic E-state index is 0.369. The van der Waals surface area contributed by atoms with E-state index in [1.807, 2.05) is 14.0 Å². The van der Waals surface area contributed by atoms with Gasteiger partial charge in [-0.3, -0.25) is 9.69 Å². The second-order valence-corrected chi connectivity index (χ2v) is 4.00. The van der Waals surface area contributed by atoms with Gasteiger partial charge in [0.25, 0.3) is 0 Å². The zero-order chi connectivity index (χ0) is 10.3. The third kappa shape index (κ3) is 6.76. The number of Topliss-reactive ketones (excluding diaryl/α,β-unsaturated/α-hetero) is 1. The van der Waals surface area contributed by atoms with Gasteiger partial charge in [0.2, 0.25) is 0 Å². The fourth-order valence-electron chi connectivity index (χ4n) is 1.38. The van der Waals surface area contributed by atoms with Crippen LogP contribution in [-0.2, 0) is 4.79 Å². The lowest BCUT2D eigenvalue weighted by Crippen LogP contribution is -2.29. The molecule has 0 amide bonds. The number of nitrogens with zero attached hydrogens (tertiary/aromatic N) is 1. The molecule has 0 fully saturated rings. The Bertz CT molecular complexity index is 145. The van der Waals surface area contributed by atoms with Crippen LogP contribution in [0.3, 0.4) is 0 Å². The molecule has 0 saturated heterocycles. The summed E-state index contributed by atoms with van der Waals surface area (Å²) in [6.45, 7) is 8.11. The lowest BCUT2D eigenvalue weighted by molar-refractivity contribution is -0.120. The zero-order valence-corrected chi connectivity index (χ0v) is 9.47. The highest BCUT2D eigenvalue weighted by atomic mass is 16.1. The molecule has 0 radical (unpaired) electrons. The molecule has 2 nitrogen and oxygen atoms in total. The van der Waals surface area contributed by atoms with E-state index in [1.54, 1.807) is 0 Å². The summed E-state index contributed by atoms with van der Waals surface area (Å²) in [6, 6.07) is 0. The number of carbonyl (C=O) groups excluding carboxylic acids is 1. The van der Waals surface area contributed by atoms with Gasteiger partial charge in [-0.2, -0.15) is 0 Å². The Labute approximate surface area is 82.3 Å². The van der Waals surface area contributed by atoms with Crippen LogP contribution in [0.15, 0.2) is 0 Å². The first-order valence-corrected chi connectivity index (χ1v) is 5.30. The fraction of sp³-hybridized carbons (Fsp3) is 0.909. The van der Waals surface area contributed by atoms with E-state index in [9.17, 15) is 4.79 Å². The molecule has 13 heavy (non-hydrogen) atoms. The predicted octanol–water partition coefficient (Wildman–Crippen LogP) is 2.33. The quantitative estimate of drug-likeness (QED) is 0.606. The molecule has 78 valence electrons. The Hall–Kier alpha value is -0.370. The largest absolute Gasteiger partial charge is 0.299 e. The summed E-state index contributed by atoms with van der Waals surface area (Å²) < 4.78 is 0. The molecule has 1 atom stereocenters. The number of ketones is 1. The Balaban J connectivity index is 3.60. The minimum Gasteiger partial charge on any atom is -0.299 e. The van der Waals surface area contributed by atoms with E-state index < -0.39 is 0 Å². The van der Waals surface area contributed by atoms with Crippen molar-refractivity contribution in [2.24, 2.45) is 5.92 Å². The van der Waals surface area contributed by atoms with Crippen LogP contribution in [0.4, 0.5) is 0 Å². The van der Waals surface area contributed by atoms with Crippen LogP contribution in [0.25, 0.3) is 0 Å². The Morgan fingerprint density at radius 3 is 2.46 bits per heavy atom. The third-order valence-corrected chi connectivity index (χ3v) is 2.30. The maximum Gasteiger partial charge on any atom is 0.146 e. The molecule has 0 aliphatic carbocycles. The highest BCUT2D eigenvalue weighted by Gasteiger charge is 2.08. The molecule has 0 bridgehead atoms. The SMILES string of the molecule is CCCC(=O)CN(C)CC(C)CC. The second kappa shape index (κ2) is 7.07. The lowest BCUT2D eigenvalue weighted by Gasteiger charge is -2.19. The van der Waals surface area contributed by atoms with E-state index in [0.717, 1.165) is 19.4 Å². The summed E-state index contributed by atoms with van der Waals surface area (Å²) in [6.07, 6.45) is 2.88. The molecule has 0 aromatic carbocycles. The molecule has 1 unspecified atom stereocenters. The Kier molecular flexibility index (Phi) is 6.87. The van der Waals surface area contributed by atoms with Crippen molar-refractivity contribution < 1.29 is 4.79 Å². The summed E-state index contributed by atoms with van der Waals surface area (Å²) in [5.41, 5.74) is 0. The molecule has 0 spiro atoms. The first-order chi connectivity index (χ1) is 6.10. The molecular weight excluding hydrogens is 162 g/mol. The van der Waals surface area contributed by atoms with E-state index >= 15 is 0 Å². The summed E-state index contributed by atoms with van der Waals surface area (Å²) in [7, 11) is 2.03. The van der Waals surface area contributed by atoms with Gasteiger partial charge in [-0.15, -0.1) is 0 Å². The minimum absolute atomic E-state index is 0.369. The van der Waals surface area contributed by atoms with E-state index in [0.29, 0.717) is 18.2 Å². The molecule has 0 aliphatic rings. The van der Waals surface area contributed by atoms with Crippen molar-refractivity contribution in [1.82, 2.24) is 4.90 Å². The van der Waals surface area contributed by atoms with Crippen molar-refractivity contribution in [1.29, 1.82) is 0 Å². The van der Waals surface area contributed by atoms with Gasteiger partial charge in [-0.1, -0.05) is 27.2 Å². The van der Waals surface area contributed by atoms with Crippen molar-refractivity contribution in [3.05, 3.63) is 0 Å². The van der Waals surface area contributed by atoms with Gasteiger partial charge in [0.05, 0.1) is 6.54 Å². The van der Waals surface area contributed by atoms with Crippen molar-refractivity contribution in [2.45, 2.75) is 40.0 Å². The number of carbonyl (C=O) groups is 1. The van der Waals surface area contributed by atoms with Gasteiger partial charge in [-0.05, 0) is 19.4 Å². The van der Waals surface area contributed by atoms with Crippen LogP contribution >= 0.6 is 0 Å². The average molecular weight is 185 g/mol. The summed E-state index contributed by atoms with van der Waals surface area (Å²) in [5.74, 6) is 1.06. The lowest BCUT2D eigenvalue weighted by atomic mass is 10.1. The van der Waals surface area contributed by atoms with Crippen LogP contribution in [-0.4, -0.2) is 30.8 Å². The fourth-order valence-corrected chi connectivity index (χ4v) is 1.38. The Morgan fingerprint density at radius 1 is 1.38 bits per heavy atom. The standard InChI is InChI=1S/C11H23NO/c1-5-7-11(13)9-12(4)8-10(3)6-2/h10H,5-9H2,1-4H3. The molecule has 0 heterocycles. The molecule has 0 saturated carbocycles. The monoisotopic (exact) mass is 185 g/mol. The van der Waals surface area contributed by atoms with Crippen LogP contribution < -0.4 is 0 Å². The normalized spacial score (nSPS) is 13.3. The van der Waals surface area contributed by atoms with Gasteiger partial charge in [-0.25, -0.2) is 0 Å². The van der Waals surface area contributed by atoms with Gasteiger partial charge in [0.1, 0.15) is 5.78 Å². The first kappa shape index (κ1) is 12.6. The van der Waals surface area contributed by atoms with Crippen LogP contribution in [0, 0.1) is 5.92 Å². The van der Waals surface area contributed by atoms with Crippen molar-refractivity contribution in [3.8, 4) is 0 Å². The topological polar surface area (TPSA) is 20.3 Å². The molecule has 0 aromatic heterocycles. The number of hydrogen-bond acceptors (Lipinski definition) is 2. The third-order valence-electron chi connectivity index (χ3n) is 2.30. The molecular formula is C11H23NO. The first-order valence-electron chi connectivity index (χ1n) is 5.30. The number of rotatable bonds is 7. The van der Waals surface area contributed by atoms with E-state index in [4.69, 9.17) is 0 Å². The van der Waals surface area contributed by atoms with Gasteiger partial charge in [0.15, 0.2) is 0 Å². The molecule has 0 N–H and O–H groups in total. The maximum absolute atomic E-state index is 11.3. The van der Waals surface area contributed by atoms with Gasteiger partial charge < -0.3 is 0 Å². The van der Waals surface area contributed by atoms with Crippen molar-refractivity contribution >= 4 is 5.78 Å². The van der Waals surface area contributed by atoms with Crippen molar-refractivity contribution in [2.75, 3.05) is 20.1 Å². The maximum atomic E-state index is 11.3. The molecule has 0 aliphatic heterocycles. The molecule has 0 rings (SSSR count). The van der Waals surface area contributed by atoms with Crippen LogP contribution in [0.5, 0.6) is 0 Å². The van der Waals surface area contributed by atoms with E-state index in [-0.39, 0.29) is 0 Å². The Morgan fingerprint density at radius 2 is 2.00 bits per heavy atom. The van der Waals surface area contributed by atoms with Crippen LogP contribution in [0.2, 0.25) is 0 Å². The van der Waals surface area contributed by atoms with Crippen LogP contribution in [0.1, 0.15) is 40.0 Å².